The van der Waals surface area contributed by atoms with Crippen LogP contribution in [0, 0.1) is 0 Å². The fourth-order valence-electron chi connectivity index (χ4n) is 1.27. The number of H-pyrrole nitrogens is 1. The van der Waals surface area contributed by atoms with Crippen molar-refractivity contribution in [2.24, 2.45) is 0 Å². The highest BCUT2D eigenvalue weighted by Gasteiger charge is 2.26. The van der Waals surface area contributed by atoms with Crippen LogP contribution in [-0.2, 0) is 0 Å². The predicted octanol–water partition coefficient (Wildman–Crippen LogP) is 1.81. The lowest BCUT2D eigenvalue weighted by molar-refractivity contribution is 1.04. The molecule has 13 heavy (non-hydrogen) atoms. The fraction of sp³-hybridized carbons (Fsp3) is 0.375. The summed E-state index contributed by atoms with van der Waals surface area (Å²) < 4.78 is 0. The third-order valence-corrected chi connectivity index (χ3v) is 3.00. The molecule has 66 valence electrons. The molecule has 0 unspecified atom stereocenters. The highest BCUT2D eigenvalue weighted by Crippen LogP contribution is 2.41. The van der Waals surface area contributed by atoms with Crippen LogP contribution in [0.15, 0.2) is 11.7 Å². The standard InChI is InChI=1S/C8H8N4S/c1-2-5(1)6-3-13-8(11-6)7-9-4-10-12-7/h3-5H,1-2H2,(H,9,10,12). The third-order valence-electron chi connectivity index (χ3n) is 2.14. The summed E-state index contributed by atoms with van der Waals surface area (Å²) in [5.41, 5.74) is 1.22. The highest BCUT2D eigenvalue weighted by atomic mass is 32.1. The van der Waals surface area contributed by atoms with Crippen LogP contribution in [0.2, 0.25) is 0 Å². The molecule has 2 aromatic rings. The highest BCUT2D eigenvalue weighted by molar-refractivity contribution is 7.13. The summed E-state index contributed by atoms with van der Waals surface area (Å²) in [6.45, 7) is 0. The molecule has 1 fully saturated rings. The van der Waals surface area contributed by atoms with Crippen molar-refractivity contribution in [1.29, 1.82) is 0 Å². The first-order valence-electron chi connectivity index (χ1n) is 4.24. The van der Waals surface area contributed by atoms with Gasteiger partial charge in [-0.05, 0) is 12.8 Å². The van der Waals surface area contributed by atoms with Crippen LogP contribution in [0.25, 0.3) is 10.8 Å². The number of hydrogen-bond donors (Lipinski definition) is 1. The lowest BCUT2D eigenvalue weighted by Crippen LogP contribution is -1.81. The van der Waals surface area contributed by atoms with Crippen molar-refractivity contribution < 1.29 is 0 Å². The molecule has 0 atom stereocenters. The van der Waals surface area contributed by atoms with Gasteiger partial charge in [0.25, 0.3) is 0 Å². The molecule has 0 radical (unpaired) electrons. The lowest BCUT2D eigenvalue weighted by Gasteiger charge is -1.86. The molecule has 0 bridgehead atoms. The quantitative estimate of drug-likeness (QED) is 0.789. The minimum Gasteiger partial charge on any atom is -0.257 e. The van der Waals surface area contributed by atoms with Crippen LogP contribution in [0.1, 0.15) is 24.5 Å². The number of thiazole rings is 1. The second-order valence-electron chi connectivity index (χ2n) is 3.19. The Morgan fingerprint density at radius 1 is 1.46 bits per heavy atom. The number of nitrogens with one attached hydrogen (secondary N) is 1. The molecule has 0 aromatic carbocycles. The monoisotopic (exact) mass is 192 g/mol. The largest absolute Gasteiger partial charge is 0.257 e. The molecule has 0 spiro atoms. The van der Waals surface area contributed by atoms with Crippen molar-refractivity contribution >= 4 is 11.3 Å². The lowest BCUT2D eigenvalue weighted by atomic mass is 10.3. The molecule has 5 heteroatoms. The van der Waals surface area contributed by atoms with Crippen molar-refractivity contribution in [3.8, 4) is 10.8 Å². The zero-order valence-electron chi connectivity index (χ0n) is 6.90. The van der Waals surface area contributed by atoms with Gasteiger partial charge < -0.3 is 0 Å². The summed E-state index contributed by atoms with van der Waals surface area (Å²) in [5.74, 6) is 1.49. The van der Waals surface area contributed by atoms with Crippen molar-refractivity contribution in [1.82, 2.24) is 20.2 Å². The van der Waals surface area contributed by atoms with Gasteiger partial charge in [-0.1, -0.05) is 0 Å². The maximum absolute atomic E-state index is 4.50. The van der Waals surface area contributed by atoms with Crippen molar-refractivity contribution in [2.45, 2.75) is 18.8 Å². The fourth-order valence-corrected chi connectivity index (χ4v) is 2.12. The molecule has 0 aliphatic heterocycles. The Kier molecular flexibility index (Phi) is 1.46. The molecule has 1 N–H and O–H groups in total. The zero-order chi connectivity index (χ0) is 8.67. The first kappa shape index (κ1) is 7.20. The Hall–Kier alpha value is -1.23. The van der Waals surface area contributed by atoms with Crippen LogP contribution >= 0.6 is 11.3 Å². The van der Waals surface area contributed by atoms with E-state index < -0.39 is 0 Å². The van der Waals surface area contributed by atoms with E-state index >= 15 is 0 Å². The molecular formula is C8H8N4S. The molecule has 0 amide bonds. The van der Waals surface area contributed by atoms with Gasteiger partial charge >= 0.3 is 0 Å². The molecule has 4 nitrogen and oxygen atoms in total. The van der Waals surface area contributed by atoms with Crippen molar-refractivity contribution in [2.75, 3.05) is 0 Å². The molecule has 1 aliphatic carbocycles. The Bertz CT molecular complexity index is 401. The molecule has 1 saturated carbocycles. The first-order chi connectivity index (χ1) is 6.43. The molecule has 2 aromatic heterocycles. The summed E-state index contributed by atoms with van der Waals surface area (Å²) in [6.07, 6.45) is 4.09. The normalized spacial score (nSPS) is 16.3. The number of rotatable bonds is 2. The van der Waals surface area contributed by atoms with Crippen molar-refractivity contribution in [3.63, 3.8) is 0 Å². The van der Waals surface area contributed by atoms with E-state index in [2.05, 4.69) is 25.5 Å². The van der Waals surface area contributed by atoms with E-state index in [-0.39, 0.29) is 0 Å². The minimum atomic E-state index is 0.716. The smallest absolute Gasteiger partial charge is 0.184 e. The van der Waals surface area contributed by atoms with Gasteiger partial charge in [0, 0.05) is 11.3 Å². The molecule has 2 heterocycles. The zero-order valence-corrected chi connectivity index (χ0v) is 7.71. The number of hydrogen-bond acceptors (Lipinski definition) is 4. The van der Waals surface area contributed by atoms with Gasteiger partial charge in [-0.2, -0.15) is 5.10 Å². The predicted molar refractivity (Wildman–Crippen MR) is 49.5 cm³/mol. The van der Waals surface area contributed by atoms with E-state index in [0.717, 1.165) is 10.8 Å². The number of aromatic nitrogens is 4. The van der Waals surface area contributed by atoms with Gasteiger partial charge in [0.05, 0.1) is 5.69 Å². The van der Waals surface area contributed by atoms with E-state index in [1.807, 2.05) is 0 Å². The topological polar surface area (TPSA) is 54.5 Å². The summed E-state index contributed by atoms with van der Waals surface area (Å²) in [7, 11) is 0. The van der Waals surface area contributed by atoms with Crippen LogP contribution < -0.4 is 0 Å². The van der Waals surface area contributed by atoms with Gasteiger partial charge in [-0.25, -0.2) is 9.97 Å². The van der Waals surface area contributed by atoms with Crippen molar-refractivity contribution in [3.05, 3.63) is 17.4 Å². The Labute approximate surface area is 79.1 Å². The van der Waals surface area contributed by atoms with Crippen LogP contribution in [0.4, 0.5) is 0 Å². The van der Waals surface area contributed by atoms with Crippen LogP contribution in [0.3, 0.4) is 0 Å². The van der Waals surface area contributed by atoms with Gasteiger partial charge in [0.2, 0.25) is 0 Å². The van der Waals surface area contributed by atoms with E-state index in [9.17, 15) is 0 Å². The number of nitrogens with zero attached hydrogens (tertiary/aromatic N) is 3. The second-order valence-corrected chi connectivity index (χ2v) is 4.04. The first-order valence-corrected chi connectivity index (χ1v) is 5.12. The average molecular weight is 192 g/mol. The minimum absolute atomic E-state index is 0.716. The van der Waals surface area contributed by atoms with Gasteiger partial charge in [-0.3, -0.25) is 5.10 Å². The van der Waals surface area contributed by atoms with Crippen LogP contribution in [-0.4, -0.2) is 20.2 Å². The third kappa shape index (κ3) is 1.25. The van der Waals surface area contributed by atoms with Gasteiger partial charge in [0.15, 0.2) is 10.8 Å². The average Bonchev–Trinajstić information content (AvgIpc) is 2.72. The maximum atomic E-state index is 4.50. The van der Waals surface area contributed by atoms with E-state index in [1.54, 1.807) is 11.3 Å². The summed E-state index contributed by atoms with van der Waals surface area (Å²) in [5, 5.41) is 9.68. The summed E-state index contributed by atoms with van der Waals surface area (Å²) in [4.78, 5) is 8.56. The molecule has 0 saturated heterocycles. The second kappa shape index (κ2) is 2.63. The van der Waals surface area contributed by atoms with E-state index in [0.29, 0.717) is 5.92 Å². The van der Waals surface area contributed by atoms with Gasteiger partial charge in [-0.15, -0.1) is 11.3 Å². The molecule has 3 rings (SSSR count). The van der Waals surface area contributed by atoms with Crippen LogP contribution in [0.5, 0.6) is 0 Å². The Morgan fingerprint density at radius 2 is 2.38 bits per heavy atom. The molecule has 1 aliphatic rings. The van der Waals surface area contributed by atoms with E-state index in [1.165, 1.54) is 24.9 Å². The summed E-state index contributed by atoms with van der Waals surface area (Å²) in [6, 6.07) is 0. The SMILES string of the molecule is c1n[nH]c(-c2nc(C3CC3)cs2)n1. The van der Waals surface area contributed by atoms with E-state index in [4.69, 9.17) is 0 Å². The Morgan fingerprint density at radius 3 is 3.08 bits per heavy atom. The Balaban J connectivity index is 1.97. The van der Waals surface area contributed by atoms with Gasteiger partial charge in [0.1, 0.15) is 6.33 Å². The number of aromatic amines is 1. The molecular weight excluding hydrogens is 184 g/mol. The summed E-state index contributed by atoms with van der Waals surface area (Å²) >= 11 is 1.63. The maximum Gasteiger partial charge on any atom is 0.184 e.